The fourth-order valence-corrected chi connectivity index (χ4v) is 2.83. The lowest BCUT2D eigenvalue weighted by Crippen LogP contribution is -2.09. The van der Waals surface area contributed by atoms with Crippen molar-refractivity contribution in [2.24, 2.45) is 5.92 Å². The lowest BCUT2D eigenvalue weighted by molar-refractivity contribution is 0.344. The van der Waals surface area contributed by atoms with Gasteiger partial charge in [0.15, 0.2) is 0 Å². The molecule has 110 valence electrons. The second-order valence-electron chi connectivity index (χ2n) is 5.51. The molecule has 2 heteroatoms. The van der Waals surface area contributed by atoms with E-state index in [2.05, 4.69) is 48.9 Å². The molecule has 2 aromatic rings. The number of hydrogen-bond donors (Lipinski definition) is 0. The number of benzene rings is 1. The summed E-state index contributed by atoms with van der Waals surface area (Å²) in [4.78, 5) is 0. The van der Waals surface area contributed by atoms with Gasteiger partial charge >= 0.3 is 0 Å². The van der Waals surface area contributed by atoms with E-state index >= 15 is 0 Å². The molecule has 1 aromatic heterocycles. The monoisotopic (exact) mass is 273 g/mol. The zero-order valence-electron chi connectivity index (χ0n) is 13.1. The lowest BCUT2D eigenvalue weighted by atomic mass is 9.99. The van der Waals surface area contributed by atoms with Gasteiger partial charge in [-0.25, -0.2) is 0 Å². The van der Waals surface area contributed by atoms with Crippen molar-refractivity contribution >= 4 is 10.9 Å². The number of fused-ring (bicyclic) bond motifs is 1. The van der Waals surface area contributed by atoms with Crippen LogP contribution >= 0.6 is 0 Å². The van der Waals surface area contributed by atoms with Crippen molar-refractivity contribution in [1.29, 1.82) is 0 Å². The van der Waals surface area contributed by atoms with Gasteiger partial charge in [0.25, 0.3) is 0 Å². The molecule has 20 heavy (non-hydrogen) atoms. The molecule has 0 N–H and O–H groups in total. The largest absolute Gasteiger partial charge is 0.493 e. The minimum atomic E-state index is 0.721. The summed E-state index contributed by atoms with van der Waals surface area (Å²) in [5.41, 5.74) is 1.30. The SMILES string of the molecule is CCCCC(CC)Cn1ccc2c(OCC)cccc21. The number of nitrogens with zero attached hydrogens (tertiary/aromatic N) is 1. The van der Waals surface area contributed by atoms with Gasteiger partial charge in [0.05, 0.1) is 12.1 Å². The second kappa shape index (κ2) is 7.37. The summed E-state index contributed by atoms with van der Waals surface area (Å²) >= 11 is 0. The van der Waals surface area contributed by atoms with Crippen molar-refractivity contribution < 1.29 is 4.74 Å². The third-order valence-corrected chi connectivity index (χ3v) is 4.07. The zero-order valence-corrected chi connectivity index (χ0v) is 13.1. The summed E-state index contributed by atoms with van der Waals surface area (Å²) in [5.74, 6) is 1.78. The molecule has 1 aromatic carbocycles. The molecular weight excluding hydrogens is 246 g/mol. The van der Waals surface area contributed by atoms with Crippen LogP contribution in [0.15, 0.2) is 30.5 Å². The Labute approximate surface area is 122 Å². The maximum Gasteiger partial charge on any atom is 0.128 e. The Bertz CT molecular complexity index is 529. The number of hydrogen-bond acceptors (Lipinski definition) is 1. The van der Waals surface area contributed by atoms with E-state index in [1.54, 1.807) is 0 Å². The fourth-order valence-electron chi connectivity index (χ4n) is 2.83. The standard InChI is InChI=1S/C18H27NO/c1-4-7-9-15(5-2)14-19-13-12-16-17(19)10-8-11-18(16)20-6-3/h8,10-13,15H,4-7,9,14H2,1-3H3. The first-order valence-corrected chi connectivity index (χ1v) is 8.00. The molecule has 0 saturated carbocycles. The highest BCUT2D eigenvalue weighted by molar-refractivity contribution is 5.86. The third kappa shape index (κ3) is 3.36. The van der Waals surface area contributed by atoms with Crippen molar-refractivity contribution in [3.63, 3.8) is 0 Å². The second-order valence-corrected chi connectivity index (χ2v) is 5.51. The van der Waals surface area contributed by atoms with Crippen LogP contribution < -0.4 is 4.74 Å². The maximum absolute atomic E-state index is 5.72. The number of ether oxygens (including phenoxy) is 1. The van der Waals surface area contributed by atoms with Crippen molar-refractivity contribution in [2.75, 3.05) is 6.61 Å². The van der Waals surface area contributed by atoms with Gasteiger partial charge in [-0.2, -0.15) is 0 Å². The van der Waals surface area contributed by atoms with Gasteiger partial charge in [-0.1, -0.05) is 39.2 Å². The Morgan fingerprint density at radius 3 is 2.70 bits per heavy atom. The summed E-state index contributed by atoms with van der Waals surface area (Å²) in [6, 6.07) is 8.54. The normalized spacial score (nSPS) is 12.8. The van der Waals surface area contributed by atoms with E-state index in [0.29, 0.717) is 0 Å². The van der Waals surface area contributed by atoms with E-state index in [0.717, 1.165) is 24.8 Å². The molecule has 0 spiro atoms. The molecule has 0 aliphatic heterocycles. The predicted molar refractivity (Wildman–Crippen MR) is 86.4 cm³/mol. The minimum Gasteiger partial charge on any atom is -0.493 e. The van der Waals surface area contributed by atoms with Crippen LogP contribution in [-0.4, -0.2) is 11.2 Å². The molecule has 2 nitrogen and oxygen atoms in total. The van der Waals surface area contributed by atoms with E-state index in [1.807, 2.05) is 6.92 Å². The molecule has 0 amide bonds. The summed E-state index contributed by atoms with van der Waals surface area (Å²) in [5, 5.41) is 1.24. The molecule has 0 radical (unpaired) electrons. The van der Waals surface area contributed by atoms with Crippen LogP contribution in [0, 0.1) is 5.92 Å². The van der Waals surface area contributed by atoms with Crippen LogP contribution in [0.25, 0.3) is 10.9 Å². The highest BCUT2D eigenvalue weighted by Gasteiger charge is 2.10. The van der Waals surface area contributed by atoms with E-state index in [4.69, 9.17) is 4.74 Å². The molecule has 0 aliphatic carbocycles. The van der Waals surface area contributed by atoms with E-state index in [-0.39, 0.29) is 0 Å². The quantitative estimate of drug-likeness (QED) is 0.640. The highest BCUT2D eigenvalue weighted by atomic mass is 16.5. The molecule has 1 atom stereocenters. The van der Waals surface area contributed by atoms with Gasteiger partial charge in [-0.15, -0.1) is 0 Å². The summed E-state index contributed by atoms with van der Waals surface area (Å²) in [7, 11) is 0. The van der Waals surface area contributed by atoms with Crippen LogP contribution in [0.5, 0.6) is 5.75 Å². The van der Waals surface area contributed by atoms with Crippen molar-refractivity contribution in [1.82, 2.24) is 4.57 Å². The molecule has 0 aliphatic rings. The lowest BCUT2D eigenvalue weighted by Gasteiger charge is -2.16. The van der Waals surface area contributed by atoms with E-state index in [1.165, 1.54) is 36.6 Å². The highest BCUT2D eigenvalue weighted by Crippen LogP contribution is 2.28. The molecular formula is C18H27NO. The fraction of sp³-hybridized carbons (Fsp3) is 0.556. The first kappa shape index (κ1) is 15.0. The van der Waals surface area contributed by atoms with Crippen LogP contribution in [0.3, 0.4) is 0 Å². The Morgan fingerprint density at radius 2 is 2.00 bits per heavy atom. The Morgan fingerprint density at radius 1 is 1.15 bits per heavy atom. The first-order valence-electron chi connectivity index (χ1n) is 8.00. The Hall–Kier alpha value is -1.44. The molecule has 0 fully saturated rings. The molecule has 0 bridgehead atoms. The van der Waals surface area contributed by atoms with Crippen molar-refractivity contribution in [2.45, 2.75) is 53.0 Å². The Balaban J connectivity index is 2.20. The van der Waals surface area contributed by atoms with Crippen LogP contribution in [-0.2, 0) is 6.54 Å². The van der Waals surface area contributed by atoms with E-state index in [9.17, 15) is 0 Å². The van der Waals surface area contributed by atoms with Gasteiger partial charge in [0, 0.05) is 18.1 Å². The van der Waals surface area contributed by atoms with Gasteiger partial charge in [-0.05, 0) is 37.5 Å². The summed E-state index contributed by atoms with van der Waals surface area (Å²) in [6.45, 7) is 8.45. The molecule has 0 saturated heterocycles. The van der Waals surface area contributed by atoms with Gasteiger partial charge in [0.1, 0.15) is 5.75 Å². The zero-order chi connectivity index (χ0) is 14.4. The molecule has 2 rings (SSSR count). The minimum absolute atomic E-state index is 0.721. The van der Waals surface area contributed by atoms with Crippen LogP contribution in [0.4, 0.5) is 0 Å². The van der Waals surface area contributed by atoms with Gasteiger partial charge in [0.2, 0.25) is 0 Å². The average Bonchev–Trinajstić information content (AvgIpc) is 2.88. The first-order chi connectivity index (χ1) is 9.80. The van der Waals surface area contributed by atoms with Crippen LogP contribution in [0.2, 0.25) is 0 Å². The number of unbranched alkanes of at least 4 members (excludes halogenated alkanes) is 1. The number of rotatable bonds is 8. The van der Waals surface area contributed by atoms with Crippen LogP contribution in [0.1, 0.15) is 46.5 Å². The van der Waals surface area contributed by atoms with Gasteiger partial charge in [-0.3, -0.25) is 0 Å². The third-order valence-electron chi connectivity index (χ3n) is 4.07. The van der Waals surface area contributed by atoms with Gasteiger partial charge < -0.3 is 9.30 Å². The van der Waals surface area contributed by atoms with E-state index < -0.39 is 0 Å². The number of aromatic nitrogens is 1. The van der Waals surface area contributed by atoms with Crippen molar-refractivity contribution in [3.05, 3.63) is 30.5 Å². The topological polar surface area (TPSA) is 14.2 Å². The predicted octanol–water partition coefficient (Wildman–Crippen LogP) is 5.26. The molecule has 1 unspecified atom stereocenters. The molecule has 1 heterocycles. The average molecular weight is 273 g/mol. The smallest absolute Gasteiger partial charge is 0.128 e. The summed E-state index contributed by atoms with van der Waals surface area (Å²) in [6.07, 6.45) is 7.42. The summed E-state index contributed by atoms with van der Waals surface area (Å²) < 4.78 is 8.11. The Kier molecular flexibility index (Phi) is 5.51. The maximum atomic E-state index is 5.72. The van der Waals surface area contributed by atoms with Crippen molar-refractivity contribution in [3.8, 4) is 5.75 Å².